The molecule has 7 heteroatoms. The first kappa shape index (κ1) is 13.6. The Labute approximate surface area is 125 Å². The summed E-state index contributed by atoms with van der Waals surface area (Å²) in [5, 5.41) is 3.83. The van der Waals surface area contributed by atoms with Gasteiger partial charge in [-0.3, -0.25) is 19.4 Å². The van der Waals surface area contributed by atoms with Gasteiger partial charge in [-0.15, -0.1) is 0 Å². The third-order valence-electron chi connectivity index (χ3n) is 3.51. The third-order valence-corrected chi connectivity index (χ3v) is 3.80. The molecule has 0 unspecified atom stereocenters. The van der Waals surface area contributed by atoms with Gasteiger partial charge in [-0.25, -0.2) is 4.98 Å². The smallest absolute Gasteiger partial charge is 0.277 e. The highest BCUT2D eigenvalue weighted by atomic mass is 35.5. The Kier molecular flexibility index (Phi) is 2.98. The molecule has 0 aliphatic heterocycles. The number of fused-ring (bicyclic) bond motifs is 1. The number of carbonyl (C=O) groups is 1. The first-order valence-electron chi connectivity index (χ1n) is 6.31. The molecule has 0 radical (unpaired) electrons. The van der Waals surface area contributed by atoms with Crippen LogP contribution in [0.4, 0.5) is 0 Å². The molecule has 0 aromatic carbocycles. The predicted octanol–water partition coefficient (Wildman–Crippen LogP) is 1.79. The first-order valence-corrected chi connectivity index (χ1v) is 6.69. The highest BCUT2D eigenvalue weighted by molar-refractivity contribution is 6.37. The number of hydrogen-bond acceptors (Lipinski definition) is 3. The number of aromatic amines is 1. The van der Waals surface area contributed by atoms with Gasteiger partial charge in [0.25, 0.3) is 5.56 Å². The maximum Gasteiger partial charge on any atom is 0.277 e. The number of nitrogens with zero attached hydrogens (tertiary/aromatic N) is 3. The molecular formula is C14H13ClN4O2. The van der Waals surface area contributed by atoms with Crippen molar-refractivity contribution in [2.75, 3.05) is 0 Å². The van der Waals surface area contributed by atoms with E-state index >= 15 is 0 Å². The van der Waals surface area contributed by atoms with E-state index in [4.69, 9.17) is 11.6 Å². The van der Waals surface area contributed by atoms with Crippen LogP contribution in [0.3, 0.4) is 0 Å². The minimum absolute atomic E-state index is 0.130. The van der Waals surface area contributed by atoms with E-state index in [1.54, 1.807) is 44.0 Å². The second-order valence-corrected chi connectivity index (χ2v) is 5.36. The molecule has 1 N–H and O–H groups in total. The number of pyridine rings is 1. The van der Waals surface area contributed by atoms with Gasteiger partial charge in [0, 0.05) is 43.1 Å². The van der Waals surface area contributed by atoms with Crippen LogP contribution in [0.5, 0.6) is 0 Å². The third kappa shape index (κ3) is 1.91. The van der Waals surface area contributed by atoms with Crippen LogP contribution >= 0.6 is 11.6 Å². The fourth-order valence-electron chi connectivity index (χ4n) is 2.53. The normalized spacial score (nSPS) is 11.2. The largest absolute Gasteiger partial charge is 0.334 e. The second kappa shape index (κ2) is 4.60. The summed E-state index contributed by atoms with van der Waals surface area (Å²) in [5.74, 6) is -0.352. The van der Waals surface area contributed by atoms with E-state index in [2.05, 4.69) is 10.1 Å². The average molecular weight is 305 g/mol. The summed E-state index contributed by atoms with van der Waals surface area (Å²) in [5.41, 5.74) is 1.30. The number of carbonyl (C=O) groups excluding carboxylic acids is 1. The molecule has 0 aliphatic carbocycles. The lowest BCUT2D eigenvalue weighted by Gasteiger charge is -2.02. The van der Waals surface area contributed by atoms with E-state index in [0.717, 1.165) is 0 Å². The molecule has 0 saturated heterocycles. The van der Waals surface area contributed by atoms with Gasteiger partial charge in [0.1, 0.15) is 11.2 Å². The van der Waals surface area contributed by atoms with Gasteiger partial charge in [-0.2, -0.15) is 0 Å². The summed E-state index contributed by atoms with van der Waals surface area (Å²) in [7, 11) is 3.37. The van der Waals surface area contributed by atoms with Crippen molar-refractivity contribution in [3.05, 3.63) is 50.7 Å². The van der Waals surface area contributed by atoms with E-state index in [0.29, 0.717) is 27.3 Å². The van der Waals surface area contributed by atoms with E-state index in [1.807, 2.05) is 0 Å². The summed E-state index contributed by atoms with van der Waals surface area (Å²) in [6.45, 7) is 1.69. The Morgan fingerprint density at radius 2 is 2.10 bits per heavy atom. The summed E-state index contributed by atoms with van der Waals surface area (Å²) in [4.78, 5) is 29.1. The van der Waals surface area contributed by atoms with Crippen molar-refractivity contribution >= 4 is 28.4 Å². The van der Waals surface area contributed by atoms with Crippen molar-refractivity contribution < 1.29 is 4.79 Å². The van der Waals surface area contributed by atoms with Crippen LogP contribution in [-0.2, 0) is 14.1 Å². The molecule has 0 fully saturated rings. The highest BCUT2D eigenvalue weighted by Gasteiger charge is 2.23. The number of rotatable bonds is 2. The quantitative estimate of drug-likeness (QED) is 0.734. The van der Waals surface area contributed by atoms with E-state index in [9.17, 15) is 9.59 Å². The zero-order chi connectivity index (χ0) is 15.3. The predicted molar refractivity (Wildman–Crippen MR) is 79.9 cm³/mol. The Hall–Kier alpha value is -2.34. The lowest BCUT2D eigenvalue weighted by Crippen LogP contribution is -2.19. The summed E-state index contributed by atoms with van der Waals surface area (Å²) in [6.07, 6.45) is 3.23. The Morgan fingerprint density at radius 3 is 2.71 bits per heavy atom. The molecule has 0 bridgehead atoms. The van der Waals surface area contributed by atoms with Crippen LogP contribution in [0, 0.1) is 6.92 Å². The van der Waals surface area contributed by atoms with Crippen LogP contribution in [0.15, 0.2) is 23.3 Å². The zero-order valence-electron chi connectivity index (χ0n) is 11.8. The number of aromatic nitrogens is 4. The van der Waals surface area contributed by atoms with E-state index in [-0.39, 0.29) is 16.9 Å². The van der Waals surface area contributed by atoms with Crippen LogP contribution in [-0.4, -0.2) is 25.1 Å². The number of H-pyrrole nitrogens is 1. The maximum absolute atomic E-state index is 12.7. The molecule has 3 aromatic rings. The molecular weight excluding hydrogens is 292 g/mol. The maximum atomic E-state index is 12.7. The van der Waals surface area contributed by atoms with Gasteiger partial charge in [0.2, 0.25) is 5.78 Å². The minimum Gasteiger partial charge on any atom is -0.334 e. The molecule has 108 valence electrons. The molecule has 6 nitrogen and oxygen atoms in total. The van der Waals surface area contributed by atoms with Crippen LogP contribution in [0.1, 0.15) is 21.6 Å². The molecule has 21 heavy (non-hydrogen) atoms. The lowest BCUT2D eigenvalue weighted by atomic mass is 10.0. The Balaban J connectivity index is 2.30. The van der Waals surface area contributed by atoms with Crippen molar-refractivity contribution in [3.8, 4) is 0 Å². The van der Waals surface area contributed by atoms with Gasteiger partial charge in [0.05, 0.1) is 5.02 Å². The van der Waals surface area contributed by atoms with Crippen LogP contribution < -0.4 is 5.56 Å². The molecule has 0 saturated carbocycles. The molecule has 0 spiro atoms. The summed E-state index contributed by atoms with van der Waals surface area (Å²) < 4.78 is 3.03. The van der Waals surface area contributed by atoms with Gasteiger partial charge < -0.3 is 4.57 Å². The number of nitrogens with one attached hydrogen (secondary N) is 1. The number of hydrogen-bond donors (Lipinski definition) is 1. The van der Waals surface area contributed by atoms with Crippen molar-refractivity contribution in [2.24, 2.45) is 14.1 Å². The summed E-state index contributed by atoms with van der Waals surface area (Å²) in [6, 6.07) is 1.59. The van der Waals surface area contributed by atoms with Crippen molar-refractivity contribution in [1.29, 1.82) is 0 Å². The SMILES string of the molecule is Cc1[nH]n(C)c(=O)c1C(=O)c1ccnc2c1c(Cl)cn2C. The fourth-order valence-corrected chi connectivity index (χ4v) is 2.86. The molecule has 3 rings (SSSR count). The minimum atomic E-state index is -0.352. The van der Waals surface area contributed by atoms with E-state index < -0.39 is 0 Å². The average Bonchev–Trinajstić information content (AvgIpc) is 2.87. The van der Waals surface area contributed by atoms with Crippen LogP contribution in [0.2, 0.25) is 5.02 Å². The first-order chi connectivity index (χ1) is 9.91. The van der Waals surface area contributed by atoms with Crippen molar-refractivity contribution in [1.82, 2.24) is 19.3 Å². The van der Waals surface area contributed by atoms with Gasteiger partial charge in [-0.1, -0.05) is 11.6 Å². The number of aryl methyl sites for hydroxylation is 3. The van der Waals surface area contributed by atoms with Crippen molar-refractivity contribution in [3.63, 3.8) is 0 Å². The summed E-state index contributed by atoms with van der Waals surface area (Å²) >= 11 is 6.20. The van der Waals surface area contributed by atoms with Gasteiger partial charge in [-0.05, 0) is 13.0 Å². The molecule has 3 aromatic heterocycles. The van der Waals surface area contributed by atoms with Gasteiger partial charge >= 0.3 is 0 Å². The van der Waals surface area contributed by atoms with Gasteiger partial charge in [0.15, 0.2) is 0 Å². The second-order valence-electron chi connectivity index (χ2n) is 4.95. The fraction of sp³-hybridized carbons (Fsp3) is 0.214. The standard InChI is InChI=1S/C14H13ClN4O2/c1-7-10(14(21)19(3)17-7)12(20)8-4-5-16-13-11(8)9(15)6-18(13)2/h4-6,17H,1-3H3. The Bertz CT molecular complexity index is 932. The zero-order valence-corrected chi connectivity index (χ0v) is 12.5. The number of halogens is 1. The monoisotopic (exact) mass is 304 g/mol. The topological polar surface area (TPSA) is 72.7 Å². The number of ketones is 1. The molecule has 0 amide bonds. The lowest BCUT2D eigenvalue weighted by molar-refractivity contribution is 0.103. The highest BCUT2D eigenvalue weighted by Crippen LogP contribution is 2.28. The Morgan fingerprint density at radius 1 is 1.38 bits per heavy atom. The van der Waals surface area contributed by atoms with Crippen LogP contribution in [0.25, 0.3) is 11.0 Å². The van der Waals surface area contributed by atoms with E-state index in [1.165, 1.54) is 4.68 Å². The molecule has 0 atom stereocenters. The molecule has 0 aliphatic rings. The molecule has 3 heterocycles. The van der Waals surface area contributed by atoms with Crippen molar-refractivity contribution in [2.45, 2.75) is 6.92 Å².